The van der Waals surface area contributed by atoms with Gasteiger partial charge in [-0.2, -0.15) is 13.2 Å². The number of Topliss-reactive ketones (excluding diaryl/α,β-unsaturated/α-hetero) is 1. The fourth-order valence-electron chi connectivity index (χ4n) is 4.80. The standard InChI is InChI=1S/C31H30F3NO4/c1-6-39-24-16-11-19(17-23(24)30(3,4)5)27(36)25-26(22-10-8-7-9-18(22)2)35(29(38)28(25)37)21-14-12-20(13-15-21)31(32,33)34/h7-17,26,36H,6H2,1-5H3/b27-25+. The number of aliphatic hydroxyl groups excluding tert-OH is 1. The van der Waals surface area contributed by atoms with E-state index in [1.54, 1.807) is 49.4 Å². The van der Waals surface area contributed by atoms with E-state index in [-0.39, 0.29) is 22.4 Å². The summed E-state index contributed by atoms with van der Waals surface area (Å²) in [6.07, 6.45) is -4.56. The van der Waals surface area contributed by atoms with Crippen molar-refractivity contribution in [2.24, 2.45) is 0 Å². The van der Waals surface area contributed by atoms with Crippen LogP contribution in [-0.4, -0.2) is 23.4 Å². The third-order valence-electron chi connectivity index (χ3n) is 6.76. The van der Waals surface area contributed by atoms with Crippen LogP contribution in [0.4, 0.5) is 18.9 Å². The number of halogens is 3. The Bertz CT molecular complexity index is 1450. The topological polar surface area (TPSA) is 66.8 Å². The summed E-state index contributed by atoms with van der Waals surface area (Å²) < 4.78 is 45.4. The van der Waals surface area contributed by atoms with Crippen molar-refractivity contribution in [3.63, 3.8) is 0 Å². The van der Waals surface area contributed by atoms with Gasteiger partial charge in [0, 0.05) is 16.8 Å². The summed E-state index contributed by atoms with van der Waals surface area (Å²) in [6, 6.07) is 15.2. The van der Waals surface area contributed by atoms with Gasteiger partial charge in [0.2, 0.25) is 0 Å². The number of ether oxygens (including phenoxy) is 1. The maximum absolute atomic E-state index is 13.5. The molecule has 1 saturated heterocycles. The zero-order valence-corrected chi connectivity index (χ0v) is 22.4. The van der Waals surface area contributed by atoms with Crippen LogP contribution in [-0.2, 0) is 21.2 Å². The number of amides is 1. The molecule has 1 aliphatic rings. The van der Waals surface area contributed by atoms with Crippen molar-refractivity contribution in [2.45, 2.75) is 52.3 Å². The van der Waals surface area contributed by atoms with Crippen LogP contribution < -0.4 is 9.64 Å². The predicted molar refractivity (Wildman–Crippen MR) is 144 cm³/mol. The summed E-state index contributed by atoms with van der Waals surface area (Å²) >= 11 is 0. The number of anilines is 1. The van der Waals surface area contributed by atoms with E-state index in [1.165, 1.54) is 0 Å². The molecule has 1 N–H and O–H groups in total. The van der Waals surface area contributed by atoms with E-state index in [1.807, 2.05) is 27.7 Å². The van der Waals surface area contributed by atoms with Crippen LogP contribution in [0.2, 0.25) is 0 Å². The Morgan fingerprint density at radius 1 is 0.974 bits per heavy atom. The number of nitrogens with zero attached hydrogens (tertiary/aromatic N) is 1. The summed E-state index contributed by atoms with van der Waals surface area (Å²) in [6.45, 7) is 10.1. The van der Waals surface area contributed by atoms with Crippen LogP contribution in [0.3, 0.4) is 0 Å². The van der Waals surface area contributed by atoms with Crippen molar-refractivity contribution in [3.05, 3.63) is 100 Å². The van der Waals surface area contributed by atoms with E-state index in [0.717, 1.165) is 40.3 Å². The third-order valence-corrected chi connectivity index (χ3v) is 6.76. The second-order valence-electron chi connectivity index (χ2n) is 10.5. The van der Waals surface area contributed by atoms with Crippen molar-refractivity contribution in [2.75, 3.05) is 11.5 Å². The van der Waals surface area contributed by atoms with Crippen molar-refractivity contribution < 1.29 is 32.6 Å². The Balaban J connectivity index is 1.94. The van der Waals surface area contributed by atoms with Gasteiger partial charge < -0.3 is 9.84 Å². The minimum absolute atomic E-state index is 0.111. The van der Waals surface area contributed by atoms with Gasteiger partial charge in [0.15, 0.2) is 0 Å². The van der Waals surface area contributed by atoms with Gasteiger partial charge in [0.05, 0.1) is 23.8 Å². The lowest BCUT2D eigenvalue weighted by Crippen LogP contribution is -2.29. The van der Waals surface area contributed by atoms with E-state index < -0.39 is 29.5 Å². The smallest absolute Gasteiger partial charge is 0.416 e. The first-order valence-corrected chi connectivity index (χ1v) is 12.6. The highest BCUT2D eigenvalue weighted by atomic mass is 19.4. The van der Waals surface area contributed by atoms with Gasteiger partial charge in [-0.1, -0.05) is 45.0 Å². The number of hydrogen-bond donors (Lipinski definition) is 1. The molecule has 1 aliphatic heterocycles. The monoisotopic (exact) mass is 537 g/mol. The number of ketones is 1. The zero-order chi connectivity index (χ0) is 28.7. The number of hydrogen-bond acceptors (Lipinski definition) is 4. The van der Waals surface area contributed by atoms with Crippen LogP contribution in [0.1, 0.15) is 61.6 Å². The molecule has 39 heavy (non-hydrogen) atoms. The van der Waals surface area contributed by atoms with Gasteiger partial charge in [0.1, 0.15) is 11.5 Å². The molecule has 3 aromatic carbocycles. The maximum Gasteiger partial charge on any atom is 0.416 e. The highest BCUT2D eigenvalue weighted by molar-refractivity contribution is 6.51. The minimum atomic E-state index is -4.56. The lowest BCUT2D eigenvalue weighted by Gasteiger charge is -2.27. The molecule has 204 valence electrons. The zero-order valence-electron chi connectivity index (χ0n) is 22.4. The van der Waals surface area contributed by atoms with Crippen LogP contribution in [0, 0.1) is 6.92 Å². The van der Waals surface area contributed by atoms with Crippen molar-refractivity contribution in [3.8, 4) is 5.75 Å². The summed E-state index contributed by atoms with van der Waals surface area (Å²) in [4.78, 5) is 28.0. The SMILES string of the molecule is CCOc1ccc(/C(O)=C2\C(=O)C(=O)N(c3ccc(C(F)(F)F)cc3)C2c2ccccc2C)cc1C(C)(C)C. The summed E-state index contributed by atoms with van der Waals surface area (Å²) in [5, 5.41) is 11.5. The van der Waals surface area contributed by atoms with Crippen LogP contribution in [0.15, 0.2) is 72.3 Å². The molecule has 0 saturated carbocycles. The molecule has 1 amide bonds. The Morgan fingerprint density at radius 2 is 1.62 bits per heavy atom. The quantitative estimate of drug-likeness (QED) is 0.210. The number of benzene rings is 3. The highest BCUT2D eigenvalue weighted by Crippen LogP contribution is 2.44. The van der Waals surface area contributed by atoms with Gasteiger partial charge in [-0.25, -0.2) is 0 Å². The molecular weight excluding hydrogens is 507 g/mol. The molecule has 4 rings (SSSR count). The molecule has 8 heteroatoms. The van der Waals surface area contributed by atoms with Crippen molar-refractivity contribution >= 4 is 23.1 Å². The lowest BCUT2D eigenvalue weighted by atomic mass is 9.84. The molecule has 3 aromatic rings. The molecule has 1 fully saturated rings. The molecule has 0 aromatic heterocycles. The van der Waals surface area contributed by atoms with Gasteiger partial charge in [-0.15, -0.1) is 0 Å². The average Bonchev–Trinajstić information content (AvgIpc) is 3.13. The summed E-state index contributed by atoms with van der Waals surface area (Å²) in [5.41, 5.74) is 1.18. The lowest BCUT2D eigenvalue weighted by molar-refractivity contribution is -0.137. The number of aliphatic hydroxyl groups is 1. The molecule has 0 spiro atoms. The summed E-state index contributed by atoms with van der Waals surface area (Å²) in [5.74, 6) is -1.59. The van der Waals surface area contributed by atoms with Crippen molar-refractivity contribution in [1.29, 1.82) is 0 Å². The molecule has 0 bridgehead atoms. The van der Waals surface area contributed by atoms with E-state index in [0.29, 0.717) is 23.5 Å². The van der Waals surface area contributed by atoms with E-state index in [2.05, 4.69) is 0 Å². The number of carbonyl (C=O) groups is 2. The largest absolute Gasteiger partial charge is 0.507 e. The average molecular weight is 538 g/mol. The van der Waals surface area contributed by atoms with E-state index >= 15 is 0 Å². The van der Waals surface area contributed by atoms with Gasteiger partial charge in [-0.3, -0.25) is 14.5 Å². The molecule has 0 radical (unpaired) electrons. The molecule has 5 nitrogen and oxygen atoms in total. The molecule has 1 unspecified atom stereocenters. The fraction of sp³-hybridized carbons (Fsp3) is 0.290. The van der Waals surface area contributed by atoms with Gasteiger partial charge >= 0.3 is 6.18 Å². The van der Waals surface area contributed by atoms with E-state index in [9.17, 15) is 27.9 Å². The second kappa shape index (κ2) is 10.2. The number of rotatable bonds is 5. The number of carbonyl (C=O) groups excluding carboxylic acids is 2. The Kier molecular flexibility index (Phi) is 7.34. The fourth-order valence-corrected chi connectivity index (χ4v) is 4.80. The first-order valence-electron chi connectivity index (χ1n) is 12.6. The molecule has 0 aliphatic carbocycles. The first kappa shape index (κ1) is 28.0. The molecule has 1 atom stereocenters. The number of alkyl halides is 3. The Hall–Kier alpha value is -4.07. The third kappa shape index (κ3) is 5.28. The van der Waals surface area contributed by atoms with E-state index in [4.69, 9.17) is 4.74 Å². The van der Waals surface area contributed by atoms with Gasteiger partial charge in [0.25, 0.3) is 11.7 Å². The Morgan fingerprint density at radius 3 is 2.18 bits per heavy atom. The van der Waals surface area contributed by atoms with Gasteiger partial charge in [-0.05, 0) is 72.9 Å². The Labute approximate surface area is 225 Å². The van der Waals surface area contributed by atoms with Crippen molar-refractivity contribution in [1.82, 2.24) is 0 Å². The predicted octanol–water partition coefficient (Wildman–Crippen LogP) is 7.34. The second-order valence-corrected chi connectivity index (χ2v) is 10.5. The first-order chi connectivity index (χ1) is 18.3. The highest BCUT2D eigenvalue weighted by Gasteiger charge is 2.47. The molecular formula is C31H30F3NO4. The maximum atomic E-state index is 13.5. The van der Waals surface area contributed by atoms with Crippen LogP contribution in [0.25, 0.3) is 5.76 Å². The molecule has 1 heterocycles. The summed E-state index contributed by atoms with van der Waals surface area (Å²) in [7, 11) is 0. The van der Waals surface area contributed by atoms with Crippen LogP contribution in [0.5, 0.6) is 5.75 Å². The normalized spacial score (nSPS) is 17.5. The number of aryl methyl sites for hydroxylation is 1. The minimum Gasteiger partial charge on any atom is -0.507 e. The van der Waals surface area contributed by atoms with Crippen LogP contribution >= 0.6 is 0 Å².